The van der Waals surface area contributed by atoms with Crippen LogP contribution in [0.2, 0.25) is 0 Å². The van der Waals surface area contributed by atoms with Gasteiger partial charge >= 0.3 is 0 Å². The fourth-order valence-corrected chi connectivity index (χ4v) is 3.39. The van der Waals surface area contributed by atoms with Crippen molar-refractivity contribution < 1.29 is 4.74 Å². The molecule has 1 saturated heterocycles. The lowest BCUT2D eigenvalue weighted by Gasteiger charge is -2.30. The van der Waals surface area contributed by atoms with Gasteiger partial charge in [-0.1, -0.05) is 36.4 Å². The zero-order chi connectivity index (χ0) is 16.6. The molecule has 0 aromatic heterocycles. The van der Waals surface area contributed by atoms with Crippen molar-refractivity contribution in [1.82, 2.24) is 10.2 Å². The quantitative estimate of drug-likeness (QED) is 0.666. The summed E-state index contributed by atoms with van der Waals surface area (Å²) in [5.74, 6) is 1.04. The molecule has 2 aliphatic rings. The highest BCUT2D eigenvalue weighted by molar-refractivity contribution is 5.81. The summed E-state index contributed by atoms with van der Waals surface area (Å²) in [5, 5.41) is 3.44. The highest BCUT2D eigenvalue weighted by Gasteiger charge is 2.17. The number of ether oxygens (including phenoxy) is 1. The molecule has 1 N–H and O–H groups in total. The molecule has 0 aliphatic carbocycles. The Hall–Kier alpha value is -1.81. The van der Waals surface area contributed by atoms with Crippen molar-refractivity contribution in [3.05, 3.63) is 42.0 Å². The Bertz CT molecular complexity index is 562. The summed E-state index contributed by atoms with van der Waals surface area (Å²) >= 11 is 0. The van der Waals surface area contributed by atoms with Crippen LogP contribution in [0.3, 0.4) is 0 Å². The first-order chi connectivity index (χ1) is 11.9. The second-order valence-electron chi connectivity index (χ2n) is 6.45. The van der Waals surface area contributed by atoms with Crippen molar-refractivity contribution in [2.45, 2.75) is 38.7 Å². The molecule has 0 amide bonds. The second kappa shape index (κ2) is 8.88. The topological polar surface area (TPSA) is 36.9 Å². The zero-order valence-corrected chi connectivity index (χ0v) is 14.7. The largest absolute Gasteiger partial charge is 0.378 e. The van der Waals surface area contributed by atoms with Crippen LogP contribution in [0, 0.1) is 0 Å². The highest BCUT2D eigenvalue weighted by atomic mass is 16.5. The third-order valence-corrected chi connectivity index (χ3v) is 4.72. The number of rotatable bonds is 5. The first-order valence-corrected chi connectivity index (χ1v) is 9.26. The monoisotopic (exact) mass is 327 g/mol. The molecule has 1 atom stereocenters. The van der Waals surface area contributed by atoms with Gasteiger partial charge < -0.3 is 15.0 Å². The van der Waals surface area contributed by atoms with Gasteiger partial charge in [0.05, 0.1) is 6.10 Å². The van der Waals surface area contributed by atoms with E-state index in [9.17, 15) is 0 Å². The van der Waals surface area contributed by atoms with E-state index in [0.717, 1.165) is 51.6 Å². The average Bonchev–Trinajstić information content (AvgIpc) is 3.15. The predicted octanol–water partition coefficient (Wildman–Crippen LogP) is 3.31. The van der Waals surface area contributed by atoms with Crippen LogP contribution in [-0.4, -0.2) is 49.7 Å². The molecule has 1 aromatic carbocycles. The molecule has 2 heterocycles. The zero-order valence-electron chi connectivity index (χ0n) is 14.7. The van der Waals surface area contributed by atoms with Crippen molar-refractivity contribution >= 4 is 11.5 Å². The highest BCUT2D eigenvalue weighted by Crippen LogP contribution is 2.22. The van der Waals surface area contributed by atoms with E-state index in [1.807, 2.05) is 0 Å². The number of nitrogens with one attached hydrogen (secondary N) is 1. The standard InChI is InChI=1S/C20H29N3O/c1-2-21-20(22-13-10-19-9-6-16-24-19)23-14-11-18(12-15-23)17-7-4-3-5-8-17/h3-5,7-8,11,19H,2,6,9-10,12-16H2,1H3,(H,21,22). The average molecular weight is 327 g/mol. The van der Waals surface area contributed by atoms with E-state index in [1.54, 1.807) is 0 Å². The van der Waals surface area contributed by atoms with Gasteiger partial charge in [-0.2, -0.15) is 0 Å². The third-order valence-electron chi connectivity index (χ3n) is 4.72. The minimum absolute atomic E-state index is 0.419. The van der Waals surface area contributed by atoms with E-state index in [-0.39, 0.29) is 0 Å². The Labute approximate surface area is 145 Å². The summed E-state index contributed by atoms with van der Waals surface area (Å²) in [6.07, 6.45) is 7.26. The molecule has 0 bridgehead atoms. The maximum Gasteiger partial charge on any atom is 0.194 e. The van der Waals surface area contributed by atoms with Gasteiger partial charge in [-0.05, 0) is 43.7 Å². The van der Waals surface area contributed by atoms with E-state index in [0.29, 0.717) is 6.10 Å². The van der Waals surface area contributed by atoms with Crippen molar-refractivity contribution in [1.29, 1.82) is 0 Å². The summed E-state index contributed by atoms with van der Waals surface area (Å²) in [7, 11) is 0. The molecule has 4 nitrogen and oxygen atoms in total. The van der Waals surface area contributed by atoms with Crippen molar-refractivity contribution in [3.63, 3.8) is 0 Å². The number of benzene rings is 1. The smallest absolute Gasteiger partial charge is 0.194 e. The van der Waals surface area contributed by atoms with Gasteiger partial charge in [0, 0.05) is 32.8 Å². The first-order valence-electron chi connectivity index (χ1n) is 9.26. The molecular weight excluding hydrogens is 298 g/mol. The van der Waals surface area contributed by atoms with Gasteiger partial charge in [-0.15, -0.1) is 0 Å². The van der Waals surface area contributed by atoms with Crippen LogP contribution in [0.25, 0.3) is 5.57 Å². The fraction of sp³-hybridized carbons (Fsp3) is 0.550. The van der Waals surface area contributed by atoms with E-state index < -0.39 is 0 Å². The van der Waals surface area contributed by atoms with Crippen molar-refractivity contribution in [2.75, 3.05) is 32.8 Å². The van der Waals surface area contributed by atoms with Gasteiger partial charge in [0.15, 0.2) is 5.96 Å². The minimum atomic E-state index is 0.419. The lowest BCUT2D eigenvalue weighted by atomic mass is 10.00. The Morgan fingerprint density at radius 1 is 1.33 bits per heavy atom. The molecule has 2 aliphatic heterocycles. The van der Waals surface area contributed by atoms with Crippen LogP contribution >= 0.6 is 0 Å². The van der Waals surface area contributed by atoms with Gasteiger partial charge in [-0.3, -0.25) is 4.99 Å². The first kappa shape index (κ1) is 17.0. The Balaban J connectivity index is 1.57. The maximum absolute atomic E-state index is 5.69. The molecule has 1 unspecified atom stereocenters. The van der Waals surface area contributed by atoms with Gasteiger partial charge in [0.2, 0.25) is 0 Å². The van der Waals surface area contributed by atoms with E-state index >= 15 is 0 Å². The van der Waals surface area contributed by atoms with Crippen LogP contribution in [0.15, 0.2) is 41.4 Å². The van der Waals surface area contributed by atoms with E-state index in [4.69, 9.17) is 9.73 Å². The van der Waals surface area contributed by atoms with Crippen LogP contribution in [0.4, 0.5) is 0 Å². The maximum atomic E-state index is 5.69. The molecule has 1 aromatic rings. The number of aliphatic imine (C=N–C) groups is 1. The Morgan fingerprint density at radius 3 is 2.88 bits per heavy atom. The summed E-state index contributed by atoms with van der Waals surface area (Å²) in [5.41, 5.74) is 2.79. The molecule has 0 radical (unpaired) electrons. The summed E-state index contributed by atoms with van der Waals surface area (Å²) in [6, 6.07) is 10.7. The molecule has 3 rings (SSSR count). The summed E-state index contributed by atoms with van der Waals surface area (Å²) < 4.78 is 5.69. The predicted molar refractivity (Wildman–Crippen MR) is 100 cm³/mol. The van der Waals surface area contributed by atoms with Crippen molar-refractivity contribution in [3.8, 4) is 0 Å². The number of hydrogen-bond acceptors (Lipinski definition) is 2. The SMILES string of the molecule is CCNC(=NCCC1CCCO1)N1CC=C(c2ccccc2)CC1. The lowest BCUT2D eigenvalue weighted by molar-refractivity contribution is 0.106. The summed E-state index contributed by atoms with van der Waals surface area (Å²) in [6.45, 7) is 6.75. The van der Waals surface area contributed by atoms with E-state index in [2.05, 4.69) is 53.5 Å². The minimum Gasteiger partial charge on any atom is -0.378 e. The fourth-order valence-electron chi connectivity index (χ4n) is 3.39. The van der Waals surface area contributed by atoms with E-state index in [1.165, 1.54) is 24.0 Å². The van der Waals surface area contributed by atoms with Gasteiger partial charge in [0.25, 0.3) is 0 Å². The number of guanidine groups is 1. The molecule has 24 heavy (non-hydrogen) atoms. The molecule has 130 valence electrons. The summed E-state index contributed by atoms with van der Waals surface area (Å²) in [4.78, 5) is 7.17. The van der Waals surface area contributed by atoms with Gasteiger partial charge in [0.1, 0.15) is 0 Å². The van der Waals surface area contributed by atoms with Crippen LogP contribution in [0.5, 0.6) is 0 Å². The third kappa shape index (κ3) is 4.60. The Morgan fingerprint density at radius 2 is 2.21 bits per heavy atom. The Kier molecular flexibility index (Phi) is 6.30. The molecule has 1 fully saturated rings. The second-order valence-corrected chi connectivity index (χ2v) is 6.45. The molecule has 4 heteroatoms. The van der Waals surface area contributed by atoms with Crippen LogP contribution < -0.4 is 5.32 Å². The lowest BCUT2D eigenvalue weighted by Crippen LogP contribution is -2.43. The molecule has 0 saturated carbocycles. The van der Waals surface area contributed by atoms with Gasteiger partial charge in [-0.25, -0.2) is 0 Å². The normalized spacial score (nSPS) is 21.7. The number of hydrogen-bond donors (Lipinski definition) is 1. The van der Waals surface area contributed by atoms with Crippen LogP contribution in [0.1, 0.15) is 38.2 Å². The van der Waals surface area contributed by atoms with Crippen molar-refractivity contribution in [2.24, 2.45) is 4.99 Å². The molecule has 0 spiro atoms. The molecular formula is C20H29N3O. The number of nitrogens with zero attached hydrogens (tertiary/aromatic N) is 2. The van der Waals surface area contributed by atoms with Crippen LogP contribution in [-0.2, 0) is 4.74 Å².